The summed E-state index contributed by atoms with van der Waals surface area (Å²) >= 11 is 6.13. The number of anilines is 1. The van der Waals surface area contributed by atoms with Gasteiger partial charge in [-0.3, -0.25) is 0 Å². The SMILES string of the molecule is Cc1c(Cl)nc(C(C)(C)C)nc1N(CC#N)CC#N. The first-order valence-corrected chi connectivity index (χ1v) is 6.22. The van der Waals surface area contributed by atoms with Crippen LogP contribution in [0.25, 0.3) is 0 Å². The molecule has 0 aliphatic rings. The highest BCUT2D eigenvalue weighted by Gasteiger charge is 2.22. The molecule has 1 aromatic heterocycles. The molecule has 0 aromatic carbocycles. The quantitative estimate of drug-likeness (QED) is 0.627. The first-order chi connectivity index (χ1) is 8.81. The number of rotatable bonds is 3. The van der Waals surface area contributed by atoms with E-state index in [0.29, 0.717) is 22.4 Å². The van der Waals surface area contributed by atoms with Crippen LogP contribution in [0.2, 0.25) is 5.15 Å². The first kappa shape index (κ1) is 15.2. The molecule has 6 heteroatoms. The predicted molar refractivity (Wildman–Crippen MR) is 73.9 cm³/mol. The Balaban J connectivity index is 3.37. The highest BCUT2D eigenvalue weighted by atomic mass is 35.5. The Labute approximate surface area is 118 Å². The van der Waals surface area contributed by atoms with E-state index >= 15 is 0 Å². The van der Waals surface area contributed by atoms with Gasteiger partial charge in [0.25, 0.3) is 0 Å². The molecule has 100 valence electrons. The second-order valence-electron chi connectivity index (χ2n) is 5.21. The summed E-state index contributed by atoms with van der Waals surface area (Å²) < 4.78 is 0. The standard InChI is InChI=1S/C13H16ClN5/c1-9-10(14)17-12(13(2,3)4)18-11(9)19(7-5-15)8-6-16/h7-8H2,1-4H3. The van der Waals surface area contributed by atoms with E-state index < -0.39 is 0 Å². The van der Waals surface area contributed by atoms with E-state index in [4.69, 9.17) is 22.1 Å². The van der Waals surface area contributed by atoms with Gasteiger partial charge in [-0.25, -0.2) is 9.97 Å². The lowest BCUT2D eigenvalue weighted by atomic mass is 9.95. The van der Waals surface area contributed by atoms with E-state index in [2.05, 4.69) is 9.97 Å². The topological polar surface area (TPSA) is 76.6 Å². The number of hydrogen-bond donors (Lipinski definition) is 0. The molecule has 0 N–H and O–H groups in total. The molecule has 0 spiro atoms. The maximum atomic E-state index is 8.84. The lowest BCUT2D eigenvalue weighted by molar-refractivity contribution is 0.544. The Bertz CT molecular complexity index is 532. The van der Waals surface area contributed by atoms with Gasteiger partial charge >= 0.3 is 0 Å². The molecule has 0 saturated heterocycles. The summed E-state index contributed by atoms with van der Waals surface area (Å²) in [6.45, 7) is 7.91. The molecule has 5 nitrogen and oxygen atoms in total. The van der Waals surface area contributed by atoms with Crippen molar-refractivity contribution in [1.82, 2.24) is 9.97 Å². The summed E-state index contributed by atoms with van der Waals surface area (Å²) in [4.78, 5) is 10.3. The largest absolute Gasteiger partial charge is 0.330 e. The minimum atomic E-state index is -0.253. The molecule has 1 rings (SSSR count). The van der Waals surface area contributed by atoms with E-state index in [1.54, 1.807) is 11.8 Å². The molecule has 0 bridgehead atoms. The molecule has 0 aliphatic heterocycles. The molecule has 0 radical (unpaired) electrons. The van der Waals surface area contributed by atoms with E-state index in [-0.39, 0.29) is 18.5 Å². The second kappa shape index (κ2) is 5.86. The molecule has 0 amide bonds. The van der Waals surface area contributed by atoms with Crippen LogP contribution in [0.5, 0.6) is 0 Å². The van der Waals surface area contributed by atoms with Crippen LogP contribution in [-0.2, 0) is 5.41 Å². The average Bonchev–Trinajstić information content (AvgIpc) is 2.31. The van der Waals surface area contributed by atoms with Gasteiger partial charge in [0.05, 0.1) is 12.1 Å². The third-order valence-corrected chi connectivity index (χ3v) is 2.92. The zero-order valence-corrected chi connectivity index (χ0v) is 12.3. The number of aromatic nitrogens is 2. The minimum absolute atomic E-state index is 0.0886. The van der Waals surface area contributed by atoms with E-state index in [0.717, 1.165) is 0 Å². The van der Waals surface area contributed by atoms with Gasteiger partial charge in [0, 0.05) is 11.0 Å². The van der Waals surface area contributed by atoms with Crippen LogP contribution < -0.4 is 4.90 Å². The molecule has 19 heavy (non-hydrogen) atoms. The van der Waals surface area contributed by atoms with Crippen molar-refractivity contribution < 1.29 is 0 Å². The van der Waals surface area contributed by atoms with Crippen LogP contribution in [0.15, 0.2) is 0 Å². The summed E-state index contributed by atoms with van der Waals surface area (Å²) in [5.74, 6) is 1.15. The van der Waals surface area contributed by atoms with Crippen LogP contribution in [0.1, 0.15) is 32.2 Å². The zero-order chi connectivity index (χ0) is 14.6. The van der Waals surface area contributed by atoms with Gasteiger partial charge in [0.15, 0.2) is 0 Å². The summed E-state index contributed by atoms with van der Waals surface area (Å²) in [5, 5.41) is 18.0. The average molecular weight is 278 g/mol. The number of hydrogen-bond acceptors (Lipinski definition) is 5. The van der Waals surface area contributed by atoms with E-state index in [9.17, 15) is 0 Å². The van der Waals surface area contributed by atoms with Crippen LogP contribution in [-0.4, -0.2) is 23.1 Å². The fourth-order valence-electron chi connectivity index (χ4n) is 1.50. The van der Waals surface area contributed by atoms with Crippen molar-refractivity contribution in [2.24, 2.45) is 0 Å². The number of nitriles is 2. The second-order valence-corrected chi connectivity index (χ2v) is 5.57. The molecule has 0 atom stereocenters. The molecule has 0 saturated carbocycles. The Morgan fingerprint density at radius 3 is 2.11 bits per heavy atom. The van der Waals surface area contributed by atoms with Gasteiger partial charge in [-0.15, -0.1) is 0 Å². The van der Waals surface area contributed by atoms with Gasteiger partial charge in [-0.1, -0.05) is 32.4 Å². The van der Waals surface area contributed by atoms with Gasteiger partial charge in [-0.2, -0.15) is 10.5 Å². The Morgan fingerprint density at radius 2 is 1.68 bits per heavy atom. The summed E-state index contributed by atoms with van der Waals surface area (Å²) in [6, 6.07) is 4.05. The summed E-state index contributed by atoms with van der Waals surface area (Å²) in [7, 11) is 0. The van der Waals surface area contributed by atoms with Gasteiger partial charge in [-0.05, 0) is 6.92 Å². The molecule has 1 heterocycles. The van der Waals surface area contributed by atoms with Crippen molar-refractivity contribution in [3.63, 3.8) is 0 Å². The van der Waals surface area contributed by atoms with Gasteiger partial charge in [0.2, 0.25) is 0 Å². The van der Waals surface area contributed by atoms with Crippen molar-refractivity contribution in [1.29, 1.82) is 10.5 Å². The van der Waals surface area contributed by atoms with E-state index in [1.807, 2.05) is 32.9 Å². The highest BCUT2D eigenvalue weighted by molar-refractivity contribution is 6.30. The van der Waals surface area contributed by atoms with Crippen molar-refractivity contribution in [2.75, 3.05) is 18.0 Å². The first-order valence-electron chi connectivity index (χ1n) is 5.84. The molecule has 1 aromatic rings. The maximum Gasteiger partial charge on any atom is 0.138 e. The lowest BCUT2D eigenvalue weighted by Crippen LogP contribution is -2.28. The lowest BCUT2D eigenvalue weighted by Gasteiger charge is -2.23. The van der Waals surface area contributed by atoms with E-state index in [1.165, 1.54) is 0 Å². The molecule has 0 aliphatic carbocycles. The monoisotopic (exact) mass is 277 g/mol. The van der Waals surface area contributed by atoms with Crippen molar-refractivity contribution in [3.05, 3.63) is 16.5 Å². The smallest absolute Gasteiger partial charge is 0.138 e. The highest BCUT2D eigenvalue weighted by Crippen LogP contribution is 2.28. The predicted octanol–water partition coefficient (Wildman–Crippen LogP) is 2.59. The van der Waals surface area contributed by atoms with Crippen LogP contribution in [0.3, 0.4) is 0 Å². The Morgan fingerprint density at radius 1 is 1.16 bits per heavy atom. The Hall–Kier alpha value is -1.85. The van der Waals surface area contributed by atoms with Crippen molar-refractivity contribution >= 4 is 17.4 Å². The normalized spacial score (nSPS) is 10.7. The molecular weight excluding hydrogens is 262 g/mol. The third-order valence-electron chi connectivity index (χ3n) is 2.55. The van der Waals surface area contributed by atoms with Crippen molar-refractivity contribution in [2.45, 2.75) is 33.1 Å². The fraction of sp³-hybridized carbons (Fsp3) is 0.538. The molecular formula is C13H16ClN5. The number of nitrogens with zero attached hydrogens (tertiary/aromatic N) is 5. The van der Waals surface area contributed by atoms with Gasteiger partial charge < -0.3 is 4.90 Å². The van der Waals surface area contributed by atoms with Crippen LogP contribution in [0.4, 0.5) is 5.82 Å². The maximum absolute atomic E-state index is 8.84. The van der Waals surface area contributed by atoms with Crippen LogP contribution in [0, 0.1) is 29.6 Å². The van der Waals surface area contributed by atoms with Crippen molar-refractivity contribution in [3.8, 4) is 12.1 Å². The zero-order valence-electron chi connectivity index (χ0n) is 11.5. The summed E-state index contributed by atoms with van der Waals surface area (Å²) in [6.07, 6.45) is 0. The summed E-state index contributed by atoms with van der Waals surface area (Å²) in [5.41, 5.74) is 0.428. The molecule has 0 fully saturated rings. The van der Waals surface area contributed by atoms with Crippen LogP contribution >= 0.6 is 11.6 Å². The molecule has 0 unspecified atom stereocenters. The Kier molecular flexibility index (Phi) is 4.69. The number of halogens is 1. The fourth-order valence-corrected chi connectivity index (χ4v) is 1.66. The minimum Gasteiger partial charge on any atom is -0.330 e. The third kappa shape index (κ3) is 3.56. The van der Waals surface area contributed by atoms with Gasteiger partial charge in [0.1, 0.15) is 29.9 Å².